The first kappa shape index (κ1) is 18.8. The van der Waals surface area contributed by atoms with E-state index < -0.39 is 0 Å². The first-order valence-electron chi connectivity index (χ1n) is 6.94. The summed E-state index contributed by atoms with van der Waals surface area (Å²) in [4.78, 5) is 12.0. The number of unbranched alkanes of at least 4 members (excludes halogenated alkanes) is 1. The van der Waals surface area contributed by atoms with E-state index in [1.165, 1.54) is 6.42 Å². The van der Waals surface area contributed by atoms with Gasteiger partial charge in [-0.05, 0) is 42.9 Å². The van der Waals surface area contributed by atoms with E-state index >= 15 is 0 Å². The van der Waals surface area contributed by atoms with Crippen molar-refractivity contribution in [3.05, 3.63) is 29.3 Å². The molecule has 0 atom stereocenters. The van der Waals surface area contributed by atoms with Crippen molar-refractivity contribution in [1.82, 2.24) is 5.32 Å². The summed E-state index contributed by atoms with van der Waals surface area (Å²) >= 11 is 0. The van der Waals surface area contributed by atoms with Gasteiger partial charge < -0.3 is 11.1 Å². The quantitative estimate of drug-likeness (QED) is 0.639. The first-order chi connectivity index (χ1) is 8.79. The Morgan fingerprint density at radius 2 is 1.90 bits per heavy atom. The Bertz CT molecular complexity index is 439. The molecule has 1 rings (SSSR count). The normalized spacial score (nSPS) is 10.8. The first-order valence-corrected chi connectivity index (χ1v) is 6.94. The van der Waals surface area contributed by atoms with E-state index in [0.717, 1.165) is 24.9 Å². The lowest BCUT2D eigenvalue weighted by Crippen LogP contribution is -2.25. The summed E-state index contributed by atoms with van der Waals surface area (Å²) < 4.78 is 0. The Morgan fingerprint density at radius 3 is 2.50 bits per heavy atom. The number of nitrogen functional groups attached to an aromatic ring is 1. The molecular weight excluding hydrogens is 272 g/mol. The van der Waals surface area contributed by atoms with Crippen molar-refractivity contribution in [3.8, 4) is 0 Å². The van der Waals surface area contributed by atoms with Crippen LogP contribution in [0, 0.1) is 12.3 Å². The molecule has 0 aliphatic rings. The van der Waals surface area contributed by atoms with Crippen LogP contribution >= 0.6 is 12.4 Å². The van der Waals surface area contributed by atoms with E-state index in [9.17, 15) is 4.79 Å². The highest BCUT2D eigenvalue weighted by molar-refractivity contribution is 5.96. The standard InChI is InChI=1S/C16H26N2O.ClH/c1-12-7-8-13(17)11-14(12)15(19)18-10-6-5-9-16(2,3)4;/h7-8,11H,5-6,9-10,17H2,1-4H3,(H,18,19);1H. The maximum atomic E-state index is 12.0. The molecule has 3 nitrogen and oxygen atoms in total. The van der Waals surface area contributed by atoms with Gasteiger partial charge >= 0.3 is 0 Å². The van der Waals surface area contributed by atoms with Gasteiger partial charge in [-0.1, -0.05) is 33.3 Å². The van der Waals surface area contributed by atoms with E-state index in [-0.39, 0.29) is 18.3 Å². The molecule has 1 aromatic rings. The lowest BCUT2D eigenvalue weighted by molar-refractivity contribution is 0.0952. The number of benzene rings is 1. The second kappa shape index (κ2) is 8.15. The van der Waals surface area contributed by atoms with Crippen molar-refractivity contribution < 1.29 is 4.79 Å². The van der Waals surface area contributed by atoms with Crippen LogP contribution in [0.5, 0.6) is 0 Å². The summed E-state index contributed by atoms with van der Waals surface area (Å²) in [7, 11) is 0. The number of amides is 1. The minimum Gasteiger partial charge on any atom is -0.399 e. The number of rotatable bonds is 5. The predicted molar refractivity (Wildman–Crippen MR) is 88.5 cm³/mol. The molecule has 0 aliphatic carbocycles. The Balaban J connectivity index is 0.00000361. The lowest BCUT2D eigenvalue weighted by atomic mass is 9.90. The molecule has 1 amide bonds. The van der Waals surface area contributed by atoms with Gasteiger partial charge in [0, 0.05) is 17.8 Å². The molecule has 4 heteroatoms. The minimum absolute atomic E-state index is 0. The fraction of sp³-hybridized carbons (Fsp3) is 0.562. The largest absolute Gasteiger partial charge is 0.399 e. The third-order valence-corrected chi connectivity index (χ3v) is 3.15. The lowest BCUT2D eigenvalue weighted by Gasteiger charge is -2.17. The molecule has 0 bridgehead atoms. The SMILES string of the molecule is Cc1ccc(N)cc1C(=O)NCCCCC(C)(C)C.Cl. The third-order valence-electron chi connectivity index (χ3n) is 3.15. The van der Waals surface area contributed by atoms with Crippen LogP contribution in [0.2, 0.25) is 0 Å². The Labute approximate surface area is 128 Å². The van der Waals surface area contributed by atoms with Crippen LogP contribution in [0.15, 0.2) is 18.2 Å². The van der Waals surface area contributed by atoms with Crippen LogP contribution in [0.4, 0.5) is 5.69 Å². The van der Waals surface area contributed by atoms with Gasteiger partial charge in [0.1, 0.15) is 0 Å². The summed E-state index contributed by atoms with van der Waals surface area (Å²) in [5.41, 5.74) is 8.34. The summed E-state index contributed by atoms with van der Waals surface area (Å²) in [6, 6.07) is 5.43. The Hall–Kier alpha value is -1.22. The van der Waals surface area contributed by atoms with Crippen LogP contribution in [0.3, 0.4) is 0 Å². The third kappa shape index (κ3) is 6.80. The molecule has 3 N–H and O–H groups in total. The van der Waals surface area contributed by atoms with Gasteiger partial charge in [-0.3, -0.25) is 4.79 Å². The maximum Gasteiger partial charge on any atom is 0.251 e. The molecule has 1 aromatic carbocycles. The summed E-state index contributed by atoms with van der Waals surface area (Å²) in [5, 5.41) is 2.96. The fourth-order valence-corrected chi connectivity index (χ4v) is 1.96. The average molecular weight is 299 g/mol. The van der Waals surface area contributed by atoms with Crippen molar-refractivity contribution in [2.45, 2.75) is 47.0 Å². The van der Waals surface area contributed by atoms with Gasteiger partial charge in [0.2, 0.25) is 0 Å². The van der Waals surface area contributed by atoms with E-state index in [2.05, 4.69) is 26.1 Å². The van der Waals surface area contributed by atoms with Crippen LogP contribution in [0.1, 0.15) is 56.0 Å². The molecule has 0 aromatic heterocycles. The second-order valence-electron chi connectivity index (χ2n) is 6.35. The van der Waals surface area contributed by atoms with Crippen molar-refractivity contribution in [2.24, 2.45) is 5.41 Å². The number of carbonyl (C=O) groups excluding carboxylic acids is 1. The van der Waals surface area contributed by atoms with Crippen molar-refractivity contribution >= 4 is 24.0 Å². The van der Waals surface area contributed by atoms with E-state index in [4.69, 9.17) is 5.73 Å². The highest BCUT2D eigenvalue weighted by Gasteiger charge is 2.10. The highest BCUT2D eigenvalue weighted by Crippen LogP contribution is 2.21. The van der Waals surface area contributed by atoms with Crippen LogP contribution in [-0.2, 0) is 0 Å². The van der Waals surface area contributed by atoms with Gasteiger partial charge in [-0.2, -0.15) is 0 Å². The molecular formula is C16H27ClN2O. The number of carbonyl (C=O) groups is 1. The van der Waals surface area contributed by atoms with Crippen LogP contribution < -0.4 is 11.1 Å². The molecule has 0 aliphatic heterocycles. The number of nitrogens with one attached hydrogen (secondary N) is 1. The predicted octanol–water partition coefficient (Wildman–Crippen LogP) is 3.95. The fourth-order valence-electron chi connectivity index (χ4n) is 1.96. The monoisotopic (exact) mass is 298 g/mol. The van der Waals surface area contributed by atoms with E-state index in [1.54, 1.807) is 6.07 Å². The number of hydrogen-bond acceptors (Lipinski definition) is 2. The molecule has 114 valence electrons. The number of hydrogen-bond donors (Lipinski definition) is 2. The maximum absolute atomic E-state index is 12.0. The van der Waals surface area contributed by atoms with Gasteiger partial charge in [0.15, 0.2) is 0 Å². The molecule has 0 fully saturated rings. The van der Waals surface area contributed by atoms with Crippen molar-refractivity contribution in [2.75, 3.05) is 12.3 Å². The summed E-state index contributed by atoms with van der Waals surface area (Å²) in [6.45, 7) is 9.36. The number of anilines is 1. The van der Waals surface area contributed by atoms with Gasteiger partial charge in [0.25, 0.3) is 5.91 Å². The number of nitrogens with two attached hydrogens (primary N) is 1. The molecule has 0 spiro atoms. The highest BCUT2D eigenvalue weighted by atomic mass is 35.5. The zero-order chi connectivity index (χ0) is 14.5. The minimum atomic E-state index is -0.0273. The zero-order valence-corrected chi connectivity index (χ0v) is 13.8. The molecule has 0 unspecified atom stereocenters. The van der Waals surface area contributed by atoms with E-state index in [0.29, 0.717) is 16.7 Å². The van der Waals surface area contributed by atoms with Gasteiger partial charge in [-0.25, -0.2) is 0 Å². The second-order valence-corrected chi connectivity index (χ2v) is 6.35. The van der Waals surface area contributed by atoms with Gasteiger partial charge in [0.05, 0.1) is 0 Å². The van der Waals surface area contributed by atoms with E-state index in [1.807, 2.05) is 19.1 Å². The molecule has 0 radical (unpaired) electrons. The summed E-state index contributed by atoms with van der Waals surface area (Å²) in [6.07, 6.45) is 3.34. The Kier molecular flexibility index (Phi) is 7.66. The van der Waals surface area contributed by atoms with Crippen LogP contribution in [-0.4, -0.2) is 12.5 Å². The Morgan fingerprint density at radius 1 is 1.25 bits per heavy atom. The molecule has 20 heavy (non-hydrogen) atoms. The van der Waals surface area contributed by atoms with Crippen molar-refractivity contribution in [1.29, 1.82) is 0 Å². The smallest absolute Gasteiger partial charge is 0.251 e. The van der Waals surface area contributed by atoms with Gasteiger partial charge in [-0.15, -0.1) is 12.4 Å². The summed E-state index contributed by atoms with van der Waals surface area (Å²) in [5.74, 6) is -0.0273. The van der Waals surface area contributed by atoms with Crippen LogP contribution in [0.25, 0.3) is 0 Å². The topological polar surface area (TPSA) is 55.1 Å². The number of halogens is 1. The average Bonchev–Trinajstić information content (AvgIpc) is 2.30. The van der Waals surface area contributed by atoms with Crippen molar-refractivity contribution in [3.63, 3.8) is 0 Å². The molecule has 0 heterocycles. The zero-order valence-electron chi connectivity index (χ0n) is 13.0. The molecule has 0 saturated heterocycles. The number of aryl methyl sites for hydroxylation is 1. The molecule has 0 saturated carbocycles.